The van der Waals surface area contributed by atoms with Crippen LogP contribution in [0.1, 0.15) is 31.4 Å². The van der Waals surface area contributed by atoms with E-state index in [4.69, 9.17) is 10.2 Å². The molecule has 0 aromatic carbocycles. The van der Waals surface area contributed by atoms with E-state index in [0.29, 0.717) is 18.4 Å². The quantitative estimate of drug-likeness (QED) is 0.456. The van der Waals surface area contributed by atoms with Crippen LogP contribution in [-0.4, -0.2) is 28.9 Å². The van der Waals surface area contributed by atoms with Gasteiger partial charge in [-0.2, -0.15) is 0 Å². The third kappa shape index (κ3) is 4.45. The average Bonchev–Trinajstić information content (AvgIpc) is 3.11. The number of likely N-dealkylation sites (tertiary alicyclic amines) is 1. The Morgan fingerprint density at radius 1 is 1.32 bits per heavy atom. The SMILES string of the molecule is I.NC(=NCc1coc(-c2cccs2)n1)N1CCCCCC1. The number of nitrogens with two attached hydrogens (primary N) is 1. The number of rotatable bonds is 3. The largest absolute Gasteiger partial charge is 0.443 e. The highest BCUT2D eigenvalue weighted by Gasteiger charge is 2.11. The predicted octanol–water partition coefficient (Wildman–Crippen LogP) is 3.71. The third-order valence-corrected chi connectivity index (χ3v) is 4.47. The molecule has 2 N–H and O–H groups in total. The maximum absolute atomic E-state index is 6.09. The molecule has 1 saturated heterocycles. The van der Waals surface area contributed by atoms with E-state index in [0.717, 1.165) is 23.7 Å². The van der Waals surface area contributed by atoms with Crippen molar-refractivity contribution in [1.82, 2.24) is 9.88 Å². The van der Waals surface area contributed by atoms with E-state index in [-0.39, 0.29) is 24.0 Å². The van der Waals surface area contributed by atoms with Gasteiger partial charge in [0.2, 0.25) is 5.89 Å². The fraction of sp³-hybridized carbons (Fsp3) is 0.467. The number of aromatic nitrogens is 1. The minimum Gasteiger partial charge on any atom is -0.443 e. The van der Waals surface area contributed by atoms with Crippen molar-refractivity contribution in [3.63, 3.8) is 0 Å². The fourth-order valence-corrected chi connectivity index (χ4v) is 3.11. The molecule has 0 atom stereocenters. The second kappa shape index (κ2) is 8.52. The minimum atomic E-state index is 0. The predicted molar refractivity (Wildman–Crippen MR) is 101 cm³/mol. The van der Waals surface area contributed by atoms with Gasteiger partial charge in [-0.05, 0) is 24.3 Å². The third-order valence-electron chi connectivity index (χ3n) is 3.62. The summed E-state index contributed by atoms with van der Waals surface area (Å²) in [5.41, 5.74) is 6.90. The van der Waals surface area contributed by atoms with Crippen molar-refractivity contribution in [2.45, 2.75) is 32.2 Å². The van der Waals surface area contributed by atoms with Crippen LogP contribution in [0.25, 0.3) is 10.8 Å². The molecule has 0 saturated carbocycles. The van der Waals surface area contributed by atoms with Gasteiger partial charge in [-0.3, -0.25) is 0 Å². The van der Waals surface area contributed by atoms with E-state index in [1.165, 1.54) is 25.7 Å². The standard InChI is InChI=1S/C15H20N4OS.HI/c16-15(19-7-3-1-2-4-8-19)17-10-12-11-20-14(18-12)13-6-5-9-21-13;/h5-6,9,11H,1-4,7-8,10H2,(H2,16,17);1H. The number of aliphatic imine (C=N–C) groups is 1. The molecule has 3 heterocycles. The van der Waals surface area contributed by atoms with Gasteiger partial charge in [-0.1, -0.05) is 18.9 Å². The van der Waals surface area contributed by atoms with E-state index in [9.17, 15) is 0 Å². The molecule has 5 nitrogen and oxygen atoms in total. The monoisotopic (exact) mass is 432 g/mol. The maximum Gasteiger partial charge on any atom is 0.236 e. The van der Waals surface area contributed by atoms with Crippen LogP contribution in [-0.2, 0) is 6.54 Å². The molecule has 1 aliphatic heterocycles. The first kappa shape index (κ1) is 17.3. The van der Waals surface area contributed by atoms with Crippen LogP contribution >= 0.6 is 35.3 Å². The van der Waals surface area contributed by atoms with Crippen molar-refractivity contribution >= 4 is 41.3 Å². The lowest BCUT2D eigenvalue weighted by atomic mass is 10.2. The lowest BCUT2D eigenvalue weighted by molar-refractivity contribution is 0.428. The number of halogens is 1. The molecule has 22 heavy (non-hydrogen) atoms. The summed E-state index contributed by atoms with van der Waals surface area (Å²) < 4.78 is 5.48. The summed E-state index contributed by atoms with van der Waals surface area (Å²) in [4.78, 5) is 12.1. The number of hydrogen-bond donors (Lipinski definition) is 1. The van der Waals surface area contributed by atoms with Gasteiger partial charge in [0.1, 0.15) is 12.0 Å². The zero-order valence-corrected chi connectivity index (χ0v) is 15.5. The molecule has 120 valence electrons. The van der Waals surface area contributed by atoms with Gasteiger partial charge in [0.25, 0.3) is 0 Å². The smallest absolute Gasteiger partial charge is 0.236 e. The van der Waals surface area contributed by atoms with Crippen molar-refractivity contribution < 1.29 is 4.42 Å². The lowest BCUT2D eigenvalue weighted by Gasteiger charge is -2.20. The summed E-state index contributed by atoms with van der Waals surface area (Å²) in [6.07, 6.45) is 6.63. The molecular formula is C15H21IN4OS. The molecule has 0 spiro atoms. The van der Waals surface area contributed by atoms with Crippen LogP contribution in [0, 0.1) is 0 Å². The molecule has 2 aromatic heterocycles. The molecule has 0 radical (unpaired) electrons. The number of thiophene rings is 1. The molecule has 0 unspecified atom stereocenters. The number of nitrogens with zero attached hydrogens (tertiary/aromatic N) is 3. The number of hydrogen-bond acceptors (Lipinski definition) is 4. The zero-order valence-electron chi connectivity index (χ0n) is 12.4. The summed E-state index contributed by atoms with van der Waals surface area (Å²) >= 11 is 1.61. The van der Waals surface area contributed by atoms with Crippen molar-refractivity contribution in [3.8, 4) is 10.8 Å². The summed E-state index contributed by atoms with van der Waals surface area (Å²) in [5.74, 6) is 1.28. The van der Waals surface area contributed by atoms with E-state index < -0.39 is 0 Å². The van der Waals surface area contributed by atoms with Gasteiger partial charge < -0.3 is 15.1 Å². The van der Waals surface area contributed by atoms with Gasteiger partial charge >= 0.3 is 0 Å². The summed E-state index contributed by atoms with van der Waals surface area (Å²) in [6, 6.07) is 3.98. The zero-order chi connectivity index (χ0) is 14.5. The topological polar surface area (TPSA) is 67.6 Å². The second-order valence-electron chi connectivity index (χ2n) is 5.20. The van der Waals surface area contributed by atoms with E-state index in [1.807, 2.05) is 17.5 Å². The first-order valence-corrected chi connectivity index (χ1v) is 8.24. The Balaban J connectivity index is 0.00000176. The van der Waals surface area contributed by atoms with E-state index >= 15 is 0 Å². The van der Waals surface area contributed by atoms with Gasteiger partial charge in [0.05, 0.1) is 11.4 Å². The van der Waals surface area contributed by atoms with E-state index in [1.54, 1.807) is 17.6 Å². The van der Waals surface area contributed by atoms with Crippen LogP contribution in [0.4, 0.5) is 0 Å². The maximum atomic E-state index is 6.09. The van der Waals surface area contributed by atoms with Crippen molar-refractivity contribution in [3.05, 3.63) is 29.5 Å². The van der Waals surface area contributed by atoms with E-state index in [2.05, 4.69) is 14.9 Å². The number of oxazole rings is 1. The van der Waals surface area contributed by atoms with Crippen LogP contribution in [0.15, 0.2) is 33.2 Å². The van der Waals surface area contributed by atoms with Crippen LogP contribution in [0.2, 0.25) is 0 Å². The molecule has 0 bridgehead atoms. The second-order valence-corrected chi connectivity index (χ2v) is 6.14. The minimum absolute atomic E-state index is 0. The molecule has 1 aliphatic rings. The first-order chi connectivity index (χ1) is 10.3. The van der Waals surface area contributed by atoms with Gasteiger partial charge in [-0.15, -0.1) is 35.3 Å². The molecular weight excluding hydrogens is 411 g/mol. The Bertz CT molecular complexity index is 588. The Hall–Kier alpha value is -1.09. The van der Waals surface area contributed by atoms with Crippen molar-refractivity contribution in [2.75, 3.05) is 13.1 Å². The summed E-state index contributed by atoms with van der Waals surface area (Å²) in [6.45, 7) is 2.49. The summed E-state index contributed by atoms with van der Waals surface area (Å²) in [7, 11) is 0. The molecule has 0 amide bonds. The molecule has 0 aliphatic carbocycles. The molecule has 1 fully saturated rings. The normalized spacial score (nSPS) is 16.2. The van der Waals surface area contributed by atoms with Crippen molar-refractivity contribution in [2.24, 2.45) is 10.7 Å². The van der Waals surface area contributed by atoms with Crippen LogP contribution < -0.4 is 5.73 Å². The fourth-order valence-electron chi connectivity index (χ4n) is 2.45. The summed E-state index contributed by atoms with van der Waals surface area (Å²) in [5, 5.41) is 2.01. The Labute approximate surface area is 151 Å². The highest BCUT2D eigenvalue weighted by atomic mass is 127. The first-order valence-electron chi connectivity index (χ1n) is 7.36. The Morgan fingerprint density at radius 2 is 2.09 bits per heavy atom. The number of guanidine groups is 1. The molecule has 7 heteroatoms. The van der Waals surface area contributed by atoms with Crippen LogP contribution in [0.3, 0.4) is 0 Å². The lowest BCUT2D eigenvalue weighted by Crippen LogP contribution is -2.38. The van der Waals surface area contributed by atoms with Crippen LogP contribution in [0.5, 0.6) is 0 Å². The van der Waals surface area contributed by atoms with Gasteiger partial charge in [0, 0.05) is 13.1 Å². The van der Waals surface area contributed by atoms with Gasteiger partial charge in [-0.25, -0.2) is 9.98 Å². The molecule has 3 rings (SSSR count). The van der Waals surface area contributed by atoms with Crippen molar-refractivity contribution in [1.29, 1.82) is 0 Å². The Morgan fingerprint density at radius 3 is 2.77 bits per heavy atom. The highest BCUT2D eigenvalue weighted by Crippen LogP contribution is 2.23. The average molecular weight is 432 g/mol. The Kier molecular flexibility index (Phi) is 6.69. The molecule has 2 aromatic rings. The highest BCUT2D eigenvalue weighted by molar-refractivity contribution is 14.0. The van der Waals surface area contributed by atoms with Gasteiger partial charge in [0.15, 0.2) is 5.96 Å².